The van der Waals surface area contributed by atoms with E-state index in [0.717, 1.165) is 32.5 Å². The molecule has 0 saturated heterocycles. The predicted molar refractivity (Wildman–Crippen MR) is 56.9 cm³/mol. The number of hydrogen-bond acceptors (Lipinski definition) is 3. The summed E-state index contributed by atoms with van der Waals surface area (Å²) in [5.41, 5.74) is 5.84. The van der Waals surface area contributed by atoms with E-state index >= 15 is 0 Å². The van der Waals surface area contributed by atoms with E-state index in [1.165, 1.54) is 0 Å². The molecule has 0 amide bonds. The van der Waals surface area contributed by atoms with Crippen LogP contribution in [0.15, 0.2) is 0 Å². The predicted octanol–water partition coefficient (Wildman–Crippen LogP) is 1.08. The number of hydrogen-bond donors (Lipinski definition) is 1. The van der Waals surface area contributed by atoms with Crippen LogP contribution in [0.3, 0.4) is 0 Å². The molecule has 13 heavy (non-hydrogen) atoms. The highest BCUT2D eigenvalue weighted by atomic mass is 16.5. The number of methoxy groups -OCH3 is 1. The van der Waals surface area contributed by atoms with Crippen molar-refractivity contribution in [3.8, 4) is 0 Å². The summed E-state index contributed by atoms with van der Waals surface area (Å²) < 4.78 is 4.99. The second-order valence-electron chi connectivity index (χ2n) is 4.39. The Morgan fingerprint density at radius 1 is 1.31 bits per heavy atom. The van der Waals surface area contributed by atoms with Gasteiger partial charge in [-0.1, -0.05) is 0 Å². The molecule has 0 aromatic heterocycles. The summed E-state index contributed by atoms with van der Waals surface area (Å²) in [6, 6.07) is 0. The minimum atomic E-state index is -0.0461. The summed E-state index contributed by atoms with van der Waals surface area (Å²) in [5, 5.41) is 0. The van der Waals surface area contributed by atoms with Crippen LogP contribution in [0.2, 0.25) is 0 Å². The van der Waals surface area contributed by atoms with Crippen molar-refractivity contribution in [3.63, 3.8) is 0 Å². The summed E-state index contributed by atoms with van der Waals surface area (Å²) in [6.45, 7) is 7.12. The Morgan fingerprint density at radius 2 is 1.92 bits per heavy atom. The molecule has 3 heteroatoms. The lowest BCUT2D eigenvalue weighted by atomic mass is 10.0. The second-order valence-corrected chi connectivity index (χ2v) is 4.39. The summed E-state index contributed by atoms with van der Waals surface area (Å²) in [4.78, 5) is 2.30. The van der Waals surface area contributed by atoms with Crippen molar-refractivity contribution in [1.29, 1.82) is 0 Å². The van der Waals surface area contributed by atoms with Gasteiger partial charge in [0.2, 0.25) is 0 Å². The summed E-state index contributed by atoms with van der Waals surface area (Å²) >= 11 is 0. The van der Waals surface area contributed by atoms with E-state index in [-0.39, 0.29) is 5.54 Å². The van der Waals surface area contributed by atoms with Gasteiger partial charge in [0.05, 0.1) is 0 Å². The lowest BCUT2D eigenvalue weighted by Gasteiger charge is -2.23. The van der Waals surface area contributed by atoms with Gasteiger partial charge >= 0.3 is 0 Å². The van der Waals surface area contributed by atoms with Crippen LogP contribution in [0.1, 0.15) is 26.7 Å². The molecule has 0 bridgehead atoms. The van der Waals surface area contributed by atoms with E-state index in [9.17, 15) is 0 Å². The maximum atomic E-state index is 5.89. The highest BCUT2D eigenvalue weighted by Gasteiger charge is 2.11. The van der Waals surface area contributed by atoms with Crippen LogP contribution in [-0.4, -0.2) is 44.3 Å². The first-order valence-electron chi connectivity index (χ1n) is 4.92. The summed E-state index contributed by atoms with van der Waals surface area (Å²) in [5.74, 6) is 0. The minimum Gasteiger partial charge on any atom is -0.385 e. The van der Waals surface area contributed by atoms with E-state index in [2.05, 4.69) is 25.8 Å². The van der Waals surface area contributed by atoms with Gasteiger partial charge in [-0.25, -0.2) is 0 Å². The van der Waals surface area contributed by atoms with Crippen LogP contribution in [0.25, 0.3) is 0 Å². The molecular weight excluding hydrogens is 164 g/mol. The maximum absolute atomic E-state index is 5.89. The van der Waals surface area contributed by atoms with Crippen LogP contribution in [0.5, 0.6) is 0 Å². The van der Waals surface area contributed by atoms with E-state index in [4.69, 9.17) is 10.5 Å². The van der Waals surface area contributed by atoms with Gasteiger partial charge in [0.25, 0.3) is 0 Å². The van der Waals surface area contributed by atoms with Gasteiger partial charge in [0, 0.05) is 25.8 Å². The largest absolute Gasteiger partial charge is 0.385 e. The lowest BCUT2D eigenvalue weighted by Crippen LogP contribution is -2.36. The van der Waals surface area contributed by atoms with E-state index in [1.54, 1.807) is 7.11 Å². The highest BCUT2D eigenvalue weighted by Crippen LogP contribution is 2.04. The van der Waals surface area contributed by atoms with Crippen LogP contribution in [0.4, 0.5) is 0 Å². The maximum Gasteiger partial charge on any atom is 0.0474 e. The first-order chi connectivity index (χ1) is 5.95. The molecule has 2 N–H and O–H groups in total. The quantitative estimate of drug-likeness (QED) is 0.608. The van der Waals surface area contributed by atoms with Gasteiger partial charge in [-0.15, -0.1) is 0 Å². The highest BCUT2D eigenvalue weighted by molar-refractivity contribution is 4.72. The van der Waals surface area contributed by atoms with Gasteiger partial charge in [-0.3, -0.25) is 0 Å². The molecule has 0 heterocycles. The van der Waals surface area contributed by atoms with E-state index in [1.807, 2.05) is 0 Å². The van der Waals surface area contributed by atoms with Crippen molar-refractivity contribution < 1.29 is 4.74 Å². The molecule has 0 saturated carbocycles. The third-order valence-corrected chi connectivity index (χ3v) is 2.03. The third-order valence-electron chi connectivity index (χ3n) is 2.03. The van der Waals surface area contributed by atoms with E-state index in [0.29, 0.717) is 0 Å². The van der Waals surface area contributed by atoms with Crippen LogP contribution < -0.4 is 5.73 Å². The number of ether oxygens (including phenoxy) is 1. The number of nitrogens with zero attached hydrogens (tertiary/aromatic N) is 1. The molecule has 3 nitrogen and oxygen atoms in total. The average molecular weight is 188 g/mol. The molecule has 0 atom stereocenters. The smallest absolute Gasteiger partial charge is 0.0474 e. The first kappa shape index (κ1) is 12.9. The minimum absolute atomic E-state index is 0.0461. The van der Waals surface area contributed by atoms with Crippen LogP contribution >= 0.6 is 0 Å². The molecule has 0 aliphatic carbocycles. The van der Waals surface area contributed by atoms with Crippen molar-refractivity contribution in [3.05, 3.63) is 0 Å². The van der Waals surface area contributed by atoms with Gasteiger partial charge in [0.1, 0.15) is 0 Å². The zero-order chi connectivity index (χ0) is 10.3. The molecule has 0 aliphatic heterocycles. The fourth-order valence-electron chi connectivity index (χ4n) is 1.07. The molecule has 0 rings (SSSR count). The van der Waals surface area contributed by atoms with Crippen molar-refractivity contribution in [1.82, 2.24) is 4.90 Å². The topological polar surface area (TPSA) is 38.5 Å². The normalized spacial score (nSPS) is 12.5. The fourth-order valence-corrected chi connectivity index (χ4v) is 1.07. The number of rotatable bonds is 7. The second kappa shape index (κ2) is 6.35. The average Bonchev–Trinajstić information content (AvgIpc) is 2.00. The molecule has 0 fully saturated rings. The SMILES string of the molecule is COCCCN(C)CCC(C)(C)N. The van der Waals surface area contributed by atoms with Gasteiger partial charge in [0.15, 0.2) is 0 Å². The first-order valence-corrected chi connectivity index (χ1v) is 4.92. The Labute approximate surface area is 82.2 Å². The summed E-state index contributed by atoms with van der Waals surface area (Å²) in [6.07, 6.45) is 2.13. The molecule has 0 aromatic carbocycles. The van der Waals surface area contributed by atoms with Gasteiger partial charge in [-0.2, -0.15) is 0 Å². The van der Waals surface area contributed by atoms with Gasteiger partial charge in [-0.05, 0) is 40.3 Å². The Balaban J connectivity index is 3.35. The zero-order valence-electron chi connectivity index (χ0n) is 9.47. The Kier molecular flexibility index (Phi) is 6.29. The third kappa shape index (κ3) is 9.80. The van der Waals surface area contributed by atoms with Crippen molar-refractivity contribution in [2.24, 2.45) is 5.73 Å². The van der Waals surface area contributed by atoms with Crippen molar-refractivity contribution in [2.45, 2.75) is 32.2 Å². The van der Waals surface area contributed by atoms with E-state index < -0.39 is 0 Å². The Hall–Kier alpha value is -0.120. The monoisotopic (exact) mass is 188 g/mol. The molecule has 0 spiro atoms. The Bertz CT molecular complexity index is 121. The van der Waals surface area contributed by atoms with Gasteiger partial charge < -0.3 is 15.4 Å². The summed E-state index contributed by atoms with van der Waals surface area (Å²) in [7, 11) is 3.87. The van der Waals surface area contributed by atoms with Crippen molar-refractivity contribution in [2.75, 3.05) is 33.9 Å². The molecule has 0 radical (unpaired) electrons. The molecular formula is C10H24N2O. The fraction of sp³-hybridized carbons (Fsp3) is 1.00. The molecule has 0 aliphatic rings. The van der Waals surface area contributed by atoms with Crippen LogP contribution in [0, 0.1) is 0 Å². The van der Waals surface area contributed by atoms with Crippen molar-refractivity contribution >= 4 is 0 Å². The standard InChI is InChI=1S/C10H24N2O/c1-10(2,11)6-8-12(3)7-5-9-13-4/h5-9,11H2,1-4H3. The Morgan fingerprint density at radius 3 is 2.38 bits per heavy atom. The van der Waals surface area contributed by atoms with Crippen LogP contribution in [-0.2, 0) is 4.74 Å². The molecule has 80 valence electrons. The molecule has 0 unspecified atom stereocenters. The number of nitrogens with two attached hydrogens (primary N) is 1. The lowest BCUT2D eigenvalue weighted by molar-refractivity contribution is 0.177. The zero-order valence-corrected chi connectivity index (χ0v) is 9.47. The molecule has 0 aromatic rings.